The second-order valence-electron chi connectivity index (χ2n) is 8.25. The van der Waals surface area contributed by atoms with E-state index < -0.39 is 5.92 Å². The fraction of sp³-hybridized carbons (Fsp3) is 0.360. The summed E-state index contributed by atoms with van der Waals surface area (Å²) in [4.78, 5) is 10.9. The van der Waals surface area contributed by atoms with Crippen LogP contribution in [0, 0.1) is 0 Å². The molecule has 0 spiro atoms. The second-order valence-corrected chi connectivity index (χ2v) is 8.25. The van der Waals surface area contributed by atoms with Crippen LogP contribution in [0.3, 0.4) is 0 Å². The van der Waals surface area contributed by atoms with Crippen molar-refractivity contribution in [1.82, 2.24) is 9.97 Å². The molecule has 2 aliphatic heterocycles. The monoisotopic (exact) mass is 468 g/mol. The molecular weight excluding hydrogens is 442 g/mol. The van der Waals surface area contributed by atoms with E-state index in [1.165, 1.54) is 0 Å². The van der Waals surface area contributed by atoms with Crippen LogP contribution >= 0.6 is 0 Å². The summed E-state index contributed by atoms with van der Waals surface area (Å²) < 4.78 is 44.8. The maximum Gasteiger partial charge on any atom is 0.251 e. The van der Waals surface area contributed by atoms with Crippen molar-refractivity contribution >= 4 is 17.3 Å². The zero-order valence-corrected chi connectivity index (χ0v) is 18.7. The van der Waals surface area contributed by atoms with E-state index in [4.69, 9.17) is 14.2 Å². The van der Waals surface area contributed by atoms with Crippen molar-refractivity contribution in [1.29, 1.82) is 0 Å². The van der Waals surface area contributed by atoms with Crippen molar-refractivity contribution in [3.63, 3.8) is 0 Å². The molecule has 0 radical (unpaired) electrons. The molecule has 5 rings (SSSR count). The van der Waals surface area contributed by atoms with E-state index in [9.17, 15) is 8.78 Å². The highest BCUT2D eigenvalue weighted by molar-refractivity contribution is 5.68. The average molecular weight is 469 g/mol. The predicted molar refractivity (Wildman–Crippen MR) is 125 cm³/mol. The number of hydrogen-bond donors (Lipinski definition) is 1. The Balaban J connectivity index is 1.44. The Morgan fingerprint density at radius 3 is 2.59 bits per heavy atom. The lowest BCUT2D eigenvalue weighted by atomic mass is 10.1. The zero-order chi connectivity index (χ0) is 23.4. The molecule has 34 heavy (non-hydrogen) atoms. The van der Waals surface area contributed by atoms with Crippen LogP contribution in [-0.4, -0.2) is 55.4 Å². The fourth-order valence-electron chi connectivity index (χ4n) is 4.03. The van der Waals surface area contributed by atoms with E-state index >= 15 is 0 Å². The van der Waals surface area contributed by atoms with Gasteiger partial charge in [0.2, 0.25) is 5.95 Å². The number of rotatable bonds is 1. The molecule has 0 saturated carbocycles. The zero-order valence-electron chi connectivity index (χ0n) is 18.7. The molecule has 1 saturated heterocycles. The first-order valence-electron chi connectivity index (χ1n) is 11.4. The molecule has 7 nitrogen and oxygen atoms in total. The summed E-state index contributed by atoms with van der Waals surface area (Å²) in [5.74, 6) is -0.840. The maximum absolute atomic E-state index is 13.7. The van der Waals surface area contributed by atoms with E-state index in [1.807, 2.05) is 53.4 Å². The molecule has 2 aromatic carbocycles. The highest BCUT2D eigenvalue weighted by atomic mass is 19.3. The van der Waals surface area contributed by atoms with Gasteiger partial charge in [-0.15, -0.1) is 0 Å². The molecule has 3 heterocycles. The molecule has 9 heteroatoms. The SMILES string of the molecule is FC1(F)CCN(c2ccc3cc2OCCOCCOc2cccc(c2)-c2ccnc(n2)N3)CC1. The third-order valence-electron chi connectivity index (χ3n) is 5.82. The lowest BCUT2D eigenvalue weighted by Crippen LogP contribution is -2.39. The highest BCUT2D eigenvalue weighted by Crippen LogP contribution is 2.37. The lowest BCUT2D eigenvalue weighted by molar-refractivity contribution is -0.0221. The topological polar surface area (TPSA) is 68.7 Å². The number of nitrogens with zero attached hydrogens (tertiary/aromatic N) is 3. The van der Waals surface area contributed by atoms with Gasteiger partial charge in [0, 0.05) is 49.4 Å². The van der Waals surface area contributed by atoms with E-state index in [2.05, 4.69) is 15.3 Å². The van der Waals surface area contributed by atoms with Gasteiger partial charge in [-0.05, 0) is 30.3 Å². The molecule has 178 valence electrons. The van der Waals surface area contributed by atoms with Gasteiger partial charge in [-0.2, -0.15) is 0 Å². The van der Waals surface area contributed by atoms with Crippen LogP contribution in [0.15, 0.2) is 54.7 Å². The molecule has 0 atom stereocenters. The number of benzene rings is 2. The number of fused-ring (bicyclic) bond motifs is 7. The molecule has 1 N–H and O–H groups in total. The van der Waals surface area contributed by atoms with Crippen molar-refractivity contribution in [3.05, 3.63) is 54.7 Å². The third kappa shape index (κ3) is 5.36. The highest BCUT2D eigenvalue weighted by Gasteiger charge is 2.34. The summed E-state index contributed by atoms with van der Waals surface area (Å²) in [5.41, 5.74) is 3.19. The first kappa shape index (κ1) is 22.3. The molecule has 0 amide bonds. The van der Waals surface area contributed by atoms with E-state index in [-0.39, 0.29) is 25.9 Å². The summed E-state index contributed by atoms with van der Waals surface area (Å²) in [7, 11) is 0. The van der Waals surface area contributed by atoms with E-state index in [0.717, 1.165) is 28.4 Å². The Bertz CT molecular complexity index is 1130. The molecule has 0 aliphatic carbocycles. The Labute approximate surface area is 196 Å². The number of nitrogens with one attached hydrogen (secondary N) is 1. The van der Waals surface area contributed by atoms with Crippen LogP contribution in [0.1, 0.15) is 12.8 Å². The average Bonchev–Trinajstić information content (AvgIpc) is 2.84. The second kappa shape index (κ2) is 9.80. The predicted octanol–water partition coefficient (Wildman–Crippen LogP) is 4.91. The minimum Gasteiger partial charge on any atom is -0.491 e. The van der Waals surface area contributed by atoms with Crippen molar-refractivity contribution in [2.45, 2.75) is 18.8 Å². The summed E-state index contributed by atoms with van der Waals surface area (Å²) >= 11 is 0. The number of hydrogen-bond acceptors (Lipinski definition) is 7. The van der Waals surface area contributed by atoms with Gasteiger partial charge in [-0.3, -0.25) is 0 Å². The Kier molecular flexibility index (Phi) is 6.44. The van der Waals surface area contributed by atoms with Crippen molar-refractivity contribution in [3.8, 4) is 22.8 Å². The van der Waals surface area contributed by atoms with Crippen LogP contribution in [0.25, 0.3) is 11.3 Å². The minimum atomic E-state index is -2.61. The van der Waals surface area contributed by atoms with Gasteiger partial charge in [0.1, 0.15) is 24.7 Å². The van der Waals surface area contributed by atoms with Gasteiger partial charge in [-0.25, -0.2) is 18.7 Å². The quantitative estimate of drug-likeness (QED) is 0.544. The molecule has 3 aromatic rings. The minimum absolute atomic E-state index is 0.170. The van der Waals surface area contributed by atoms with Crippen LogP contribution in [0.4, 0.5) is 26.1 Å². The van der Waals surface area contributed by atoms with Crippen molar-refractivity contribution < 1.29 is 23.0 Å². The Morgan fingerprint density at radius 1 is 0.912 bits per heavy atom. The Hall–Kier alpha value is -3.46. The summed E-state index contributed by atoms with van der Waals surface area (Å²) in [6, 6.07) is 15.2. The lowest BCUT2D eigenvalue weighted by Gasteiger charge is -2.34. The normalized spacial score (nSPS) is 18.1. The van der Waals surface area contributed by atoms with Gasteiger partial charge < -0.3 is 24.4 Å². The molecule has 2 aliphatic rings. The van der Waals surface area contributed by atoms with E-state index in [0.29, 0.717) is 38.1 Å². The molecule has 1 aromatic heterocycles. The Morgan fingerprint density at radius 2 is 1.74 bits per heavy atom. The van der Waals surface area contributed by atoms with Crippen LogP contribution < -0.4 is 19.7 Å². The largest absolute Gasteiger partial charge is 0.491 e. The molecule has 0 unspecified atom stereocenters. The number of alkyl halides is 2. The summed E-state index contributed by atoms with van der Waals surface area (Å²) in [6.45, 7) is 2.06. The number of piperidine rings is 1. The molecule has 1 fully saturated rings. The van der Waals surface area contributed by atoms with Crippen LogP contribution in [-0.2, 0) is 4.74 Å². The van der Waals surface area contributed by atoms with Gasteiger partial charge in [0.15, 0.2) is 0 Å². The first-order chi connectivity index (χ1) is 16.6. The standard InChI is InChI=1S/C25H26F2N4O3/c26-25(27)7-10-31(11-8-25)22-5-4-19-17-23(22)34-15-13-32-12-14-33-20-3-1-2-18(16-20)21-6-9-28-24(29-19)30-21/h1-6,9,16-17H,7-8,10-15H2,(H,28,29,30). The number of aromatic nitrogens is 2. The third-order valence-corrected chi connectivity index (χ3v) is 5.82. The summed E-state index contributed by atoms with van der Waals surface area (Å²) in [5, 5.41) is 3.23. The van der Waals surface area contributed by atoms with Crippen molar-refractivity contribution in [2.75, 3.05) is 49.7 Å². The van der Waals surface area contributed by atoms with Gasteiger partial charge in [0.05, 0.1) is 24.6 Å². The van der Waals surface area contributed by atoms with Crippen LogP contribution in [0.2, 0.25) is 0 Å². The first-order valence-corrected chi connectivity index (χ1v) is 11.4. The van der Waals surface area contributed by atoms with Gasteiger partial charge in [0.25, 0.3) is 5.92 Å². The van der Waals surface area contributed by atoms with Crippen molar-refractivity contribution in [2.24, 2.45) is 0 Å². The molecular formula is C25H26F2N4O3. The van der Waals surface area contributed by atoms with Gasteiger partial charge >= 0.3 is 0 Å². The number of halogens is 2. The number of ether oxygens (including phenoxy) is 3. The summed E-state index contributed by atoms with van der Waals surface area (Å²) in [6.07, 6.45) is 1.35. The van der Waals surface area contributed by atoms with E-state index in [1.54, 1.807) is 6.20 Å². The maximum atomic E-state index is 13.7. The molecule has 6 bridgehead atoms. The smallest absolute Gasteiger partial charge is 0.251 e. The van der Waals surface area contributed by atoms with Crippen LogP contribution in [0.5, 0.6) is 11.5 Å². The number of anilines is 3. The van der Waals surface area contributed by atoms with Gasteiger partial charge in [-0.1, -0.05) is 12.1 Å². The fourth-order valence-corrected chi connectivity index (χ4v) is 4.03.